The highest BCUT2D eigenvalue weighted by Crippen LogP contribution is 2.28. The summed E-state index contributed by atoms with van der Waals surface area (Å²) in [6, 6.07) is 16.8. The van der Waals surface area contributed by atoms with Crippen molar-refractivity contribution in [3.63, 3.8) is 0 Å². The van der Waals surface area contributed by atoms with E-state index in [0.29, 0.717) is 28.0 Å². The largest absolute Gasteiger partial charge is 0.497 e. The van der Waals surface area contributed by atoms with Crippen molar-refractivity contribution in [3.05, 3.63) is 77.0 Å². The van der Waals surface area contributed by atoms with Gasteiger partial charge in [0.25, 0.3) is 5.91 Å². The molecule has 11 heteroatoms. The van der Waals surface area contributed by atoms with Gasteiger partial charge in [-0.05, 0) is 48.5 Å². The van der Waals surface area contributed by atoms with Crippen molar-refractivity contribution in [1.29, 1.82) is 0 Å². The number of ether oxygens (including phenoxy) is 2. The Morgan fingerprint density at radius 3 is 2.69 bits per heavy atom. The zero-order valence-corrected chi connectivity index (χ0v) is 21.3. The molecule has 0 atom stereocenters. The van der Waals surface area contributed by atoms with E-state index >= 15 is 0 Å². The summed E-state index contributed by atoms with van der Waals surface area (Å²) in [6.45, 7) is 0. The standard InChI is InChI=1S/C24H21BrN6O3S/c1-33-20-10-5-16(21(12-20)34-2)14-27-28-22(32)15-35-24-30-29-23(17-4-3-11-26-13-17)31(24)19-8-6-18(25)7-9-19/h3-14H,15H2,1-2H3,(H,28,32). The molecule has 4 aromatic rings. The molecule has 0 bridgehead atoms. The molecule has 0 aliphatic rings. The Bertz CT molecular complexity index is 1330. The van der Waals surface area contributed by atoms with Crippen LogP contribution in [0.25, 0.3) is 17.1 Å². The molecule has 0 spiro atoms. The van der Waals surface area contributed by atoms with E-state index in [0.717, 1.165) is 15.7 Å². The molecule has 0 aliphatic carbocycles. The minimum atomic E-state index is -0.285. The van der Waals surface area contributed by atoms with E-state index in [1.807, 2.05) is 41.0 Å². The second kappa shape index (κ2) is 11.6. The average molecular weight is 553 g/mol. The summed E-state index contributed by atoms with van der Waals surface area (Å²) < 4.78 is 13.4. The molecule has 0 radical (unpaired) electrons. The van der Waals surface area contributed by atoms with Gasteiger partial charge in [-0.25, -0.2) is 5.43 Å². The van der Waals surface area contributed by atoms with Gasteiger partial charge in [-0.3, -0.25) is 14.3 Å². The van der Waals surface area contributed by atoms with Crippen LogP contribution in [0.4, 0.5) is 0 Å². The highest BCUT2D eigenvalue weighted by Gasteiger charge is 2.17. The number of hydrazone groups is 1. The number of rotatable bonds is 9. The lowest BCUT2D eigenvalue weighted by atomic mass is 10.2. The van der Waals surface area contributed by atoms with E-state index in [4.69, 9.17) is 9.47 Å². The van der Waals surface area contributed by atoms with E-state index in [1.165, 1.54) is 18.0 Å². The molecule has 2 aromatic carbocycles. The number of aromatic nitrogens is 4. The smallest absolute Gasteiger partial charge is 0.250 e. The molecular weight excluding hydrogens is 532 g/mol. The van der Waals surface area contributed by atoms with Crippen LogP contribution in [-0.2, 0) is 4.79 Å². The SMILES string of the molecule is COc1ccc(C=NNC(=O)CSc2nnc(-c3cccnc3)n2-c2ccc(Br)cc2)c(OC)c1. The number of thioether (sulfide) groups is 1. The summed E-state index contributed by atoms with van der Waals surface area (Å²) in [5.74, 6) is 1.70. The van der Waals surface area contributed by atoms with Crippen molar-refractivity contribution >= 4 is 39.8 Å². The Morgan fingerprint density at radius 1 is 1.14 bits per heavy atom. The number of benzene rings is 2. The number of carbonyl (C=O) groups is 1. The predicted octanol–water partition coefficient (Wildman–Crippen LogP) is 4.35. The van der Waals surface area contributed by atoms with Crippen LogP contribution >= 0.6 is 27.7 Å². The fraction of sp³-hybridized carbons (Fsp3) is 0.125. The maximum atomic E-state index is 12.5. The van der Waals surface area contributed by atoms with Gasteiger partial charge in [-0.15, -0.1) is 10.2 Å². The molecule has 1 amide bonds. The number of hydrogen-bond acceptors (Lipinski definition) is 8. The number of carbonyl (C=O) groups excluding carboxylic acids is 1. The van der Waals surface area contributed by atoms with Crippen molar-refractivity contribution in [3.8, 4) is 28.6 Å². The molecule has 2 aromatic heterocycles. The molecule has 0 aliphatic heterocycles. The van der Waals surface area contributed by atoms with Crippen LogP contribution in [0.1, 0.15) is 5.56 Å². The molecule has 178 valence electrons. The van der Waals surface area contributed by atoms with E-state index in [9.17, 15) is 4.79 Å². The van der Waals surface area contributed by atoms with Gasteiger partial charge in [0.15, 0.2) is 11.0 Å². The molecule has 1 N–H and O–H groups in total. The normalized spacial score (nSPS) is 10.9. The van der Waals surface area contributed by atoms with Crippen molar-refractivity contribution in [2.75, 3.05) is 20.0 Å². The minimum absolute atomic E-state index is 0.0960. The Kier molecular flexibility index (Phi) is 8.11. The van der Waals surface area contributed by atoms with Gasteiger partial charge in [-0.2, -0.15) is 5.10 Å². The zero-order chi connectivity index (χ0) is 24.6. The van der Waals surface area contributed by atoms with Crippen LogP contribution in [0.15, 0.2) is 81.7 Å². The van der Waals surface area contributed by atoms with Crippen LogP contribution in [0, 0.1) is 0 Å². The van der Waals surface area contributed by atoms with Crippen LogP contribution in [0.2, 0.25) is 0 Å². The molecular formula is C24H21BrN6O3S. The zero-order valence-electron chi connectivity index (χ0n) is 18.9. The van der Waals surface area contributed by atoms with Gasteiger partial charge in [0.05, 0.1) is 26.2 Å². The summed E-state index contributed by atoms with van der Waals surface area (Å²) in [6.07, 6.45) is 4.94. The Hall–Kier alpha value is -3.70. The monoisotopic (exact) mass is 552 g/mol. The number of halogens is 1. The number of methoxy groups -OCH3 is 2. The predicted molar refractivity (Wildman–Crippen MR) is 138 cm³/mol. The fourth-order valence-corrected chi connectivity index (χ4v) is 4.14. The third-order valence-electron chi connectivity index (χ3n) is 4.80. The first-order chi connectivity index (χ1) is 17.1. The van der Waals surface area contributed by atoms with Gasteiger partial charge in [0.2, 0.25) is 0 Å². The number of nitrogens with zero attached hydrogens (tertiary/aromatic N) is 5. The number of amides is 1. The summed E-state index contributed by atoms with van der Waals surface area (Å²) in [7, 11) is 3.14. The summed E-state index contributed by atoms with van der Waals surface area (Å²) in [5.41, 5.74) is 4.92. The first-order valence-corrected chi connectivity index (χ1v) is 12.2. The van der Waals surface area contributed by atoms with Crippen molar-refractivity contribution in [2.45, 2.75) is 5.16 Å². The number of hydrogen-bond donors (Lipinski definition) is 1. The summed E-state index contributed by atoms with van der Waals surface area (Å²) >= 11 is 4.72. The van der Waals surface area contributed by atoms with Crippen molar-refractivity contribution < 1.29 is 14.3 Å². The topological polar surface area (TPSA) is 104 Å². The first kappa shape index (κ1) is 24.4. The van der Waals surface area contributed by atoms with Crippen LogP contribution in [0.3, 0.4) is 0 Å². The molecule has 0 fully saturated rings. The molecule has 0 unspecified atom stereocenters. The lowest BCUT2D eigenvalue weighted by Gasteiger charge is -2.10. The maximum absolute atomic E-state index is 12.5. The third kappa shape index (κ3) is 6.06. The van der Waals surface area contributed by atoms with Crippen molar-refractivity contribution in [2.24, 2.45) is 5.10 Å². The highest BCUT2D eigenvalue weighted by atomic mass is 79.9. The van der Waals surface area contributed by atoms with Gasteiger partial charge in [0, 0.05) is 39.7 Å². The van der Waals surface area contributed by atoms with Crippen LogP contribution in [-0.4, -0.2) is 51.8 Å². The lowest BCUT2D eigenvalue weighted by molar-refractivity contribution is -0.118. The van der Waals surface area contributed by atoms with Gasteiger partial charge in [-0.1, -0.05) is 27.7 Å². The Morgan fingerprint density at radius 2 is 1.97 bits per heavy atom. The molecule has 0 saturated heterocycles. The molecule has 4 rings (SSSR count). The molecule has 0 saturated carbocycles. The average Bonchev–Trinajstić information content (AvgIpc) is 3.32. The summed E-state index contributed by atoms with van der Waals surface area (Å²) in [5, 5.41) is 13.3. The van der Waals surface area contributed by atoms with E-state index in [1.54, 1.807) is 44.8 Å². The second-order valence-corrected chi connectivity index (χ2v) is 8.91. The third-order valence-corrected chi connectivity index (χ3v) is 6.26. The molecule has 35 heavy (non-hydrogen) atoms. The molecule has 9 nitrogen and oxygen atoms in total. The van der Waals surface area contributed by atoms with Crippen LogP contribution in [0.5, 0.6) is 11.5 Å². The molecule has 2 heterocycles. The lowest BCUT2D eigenvalue weighted by Crippen LogP contribution is -2.20. The Balaban J connectivity index is 1.48. The highest BCUT2D eigenvalue weighted by molar-refractivity contribution is 9.10. The van der Waals surface area contributed by atoms with Gasteiger partial charge >= 0.3 is 0 Å². The number of nitrogens with one attached hydrogen (secondary N) is 1. The minimum Gasteiger partial charge on any atom is -0.497 e. The number of pyridine rings is 1. The maximum Gasteiger partial charge on any atom is 0.250 e. The van der Waals surface area contributed by atoms with E-state index in [-0.39, 0.29) is 11.7 Å². The fourth-order valence-electron chi connectivity index (χ4n) is 3.13. The second-order valence-electron chi connectivity index (χ2n) is 7.05. The van der Waals surface area contributed by atoms with Crippen LogP contribution < -0.4 is 14.9 Å². The van der Waals surface area contributed by atoms with Gasteiger partial charge in [0.1, 0.15) is 11.5 Å². The Labute approximate surface area is 214 Å². The first-order valence-electron chi connectivity index (χ1n) is 10.4. The van der Waals surface area contributed by atoms with Crippen molar-refractivity contribution in [1.82, 2.24) is 25.2 Å². The van der Waals surface area contributed by atoms with E-state index in [2.05, 4.69) is 41.6 Å². The quantitative estimate of drug-likeness (QED) is 0.187. The van der Waals surface area contributed by atoms with E-state index < -0.39 is 0 Å². The van der Waals surface area contributed by atoms with Gasteiger partial charge < -0.3 is 9.47 Å². The summed E-state index contributed by atoms with van der Waals surface area (Å²) in [4.78, 5) is 16.6.